The minimum Gasteiger partial charge on any atom is -0.493 e. The quantitative estimate of drug-likeness (QED) is 0.323. The molecule has 1 atom stereocenters. The Morgan fingerprint density at radius 1 is 0.868 bits per heavy atom. The van der Waals surface area contributed by atoms with Gasteiger partial charge in [-0.2, -0.15) is 13.2 Å². The van der Waals surface area contributed by atoms with Crippen LogP contribution >= 0.6 is 0 Å². The van der Waals surface area contributed by atoms with E-state index in [1.54, 1.807) is 42.5 Å². The predicted molar refractivity (Wildman–Crippen MR) is 136 cm³/mol. The van der Waals surface area contributed by atoms with Gasteiger partial charge in [-0.3, -0.25) is 0 Å². The van der Waals surface area contributed by atoms with Crippen molar-refractivity contribution < 1.29 is 31.8 Å². The third-order valence-corrected chi connectivity index (χ3v) is 6.92. The van der Waals surface area contributed by atoms with Crippen molar-refractivity contribution in [3.05, 3.63) is 94.8 Å². The van der Waals surface area contributed by atoms with Crippen LogP contribution in [-0.4, -0.2) is 26.3 Å². The number of methoxy groups -OCH3 is 2. The number of hydrogen-bond acceptors (Lipinski definition) is 3. The molecular weight excluding hydrogens is 500 g/mol. The van der Waals surface area contributed by atoms with Crippen molar-refractivity contribution in [3.8, 4) is 11.5 Å². The van der Waals surface area contributed by atoms with Gasteiger partial charge in [-0.1, -0.05) is 49.2 Å². The van der Waals surface area contributed by atoms with Crippen molar-refractivity contribution in [3.63, 3.8) is 0 Å². The highest BCUT2D eigenvalue weighted by Gasteiger charge is 2.40. The maximum Gasteiger partial charge on any atom is 0.416 e. The van der Waals surface area contributed by atoms with Gasteiger partial charge in [0.05, 0.1) is 25.3 Å². The van der Waals surface area contributed by atoms with E-state index in [0.29, 0.717) is 23.1 Å². The minimum absolute atomic E-state index is 0.0438. The molecule has 1 unspecified atom stereocenters. The minimum atomic E-state index is -4.79. The van der Waals surface area contributed by atoms with Crippen molar-refractivity contribution in [2.24, 2.45) is 0 Å². The lowest BCUT2D eigenvalue weighted by Crippen LogP contribution is -2.53. The molecule has 0 aromatic heterocycles. The summed E-state index contributed by atoms with van der Waals surface area (Å²) in [6.07, 6.45) is -1.16. The average molecular weight is 531 g/mol. The van der Waals surface area contributed by atoms with Crippen LogP contribution in [0.3, 0.4) is 0 Å². The molecule has 38 heavy (non-hydrogen) atoms. The number of alkyl halides is 3. The van der Waals surface area contributed by atoms with Gasteiger partial charge >= 0.3 is 12.2 Å². The maximum atomic E-state index is 14.8. The zero-order valence-corrected chi connectivity index (χ0v) is 21.2. The number of nitrogens with one attached hydrogen (secondary N) is 2. The molecule has 2 amide bonds. The molecular formula is C29H30F4N2O3. The summed E-state index contributed by atoms with van der Waals surface area (Å²) < 4.78 is 67.1. The molecule has 1 fully saturated rings. The first kappa shape index (κ1) is 27.3. The highest BCUT2D eigenvalue weighted by atomic mass is 19.4. The van der Waals surface area contributed by atoms with Crippen molar-refractivity contribution in [1.82, 2.24) is 10.6 Å². The zero-order valence-electron chi connectivity index (χ0n) is 21.2. The fourth-order valence-corrected chi connectivity index (χ4v) is 5.05. The Balaban J connectivity index is 1.94. The van der Waals surface area contributed by atoms with E-state index in [1.807, 2.05) is 6.07 Å². The summed E-state index contributed by atoms with van der Waals surface area (Å²) in [6, 6.07) is 15.6. The molecule has 1 aliphatic carbocycles. The summed E-state index contributed by atoms with van der Waals surface area (Å²) >= 11 is 0. The van der Waals surface area contributed by atoms with E-state index >= 15 is 0 Å². The second kappa shape index (κ2) is 11.3. The van der Waals surface area contributed by atoms with Gasteiger partial charge in [0.2, 0.25) is 0 Å². The molecule has 0 saturated heterocycles. The molecule has 0 heterocycles. The Morgan fingerprint density at radius 3 is 2.16 bits per heavy atom. The van der Waals surface area contributed by atoms with Gasteiger partial charge in [0.1, 0.15) is 5.82 Å². The van der Waals surface area contributed by atoms with Gasteiger partial charge in [0, 0.05) is 12.5 Å². The number of hydrogen-bond donors (Lipinski definition) is 2. The Kier molecular flexibility index (Phi) is 8.14. The second-order valence-electron chi connectivity index (χ2n) is 9.44. The zero-order chi connectivity index (χ0) is 27.3. The smallest absolute Gasteiger partial charge is 0.416 e. The average Bonchev–Trinajstić information content (AvgIpc) is 3.40. The Labute approximate surface area is 219 Å². The summed E-state index contributed by atoms with van der Waals surface area (Å²) in [6.45, 7) is 0. The summed E-state index contributed by atoms with van der Waals surface area (Å²) in [7, 11) is 2.90. The molecule has 9 heteroatoms. The fraction of sp³-hybridized carbons (Fsp3) is 0.345. The van der Waals surface area contributed by atoms with Crippen LogP contribution in [0.1, 0.15) is 47.9 Å². The molecule has 1 saturated carbocycles. The van der Waals surface area contributed by atoms with Crippen LogP contribution in [0.2, 0.25) is 0 Å². The number of urea groups is 1. The number of amides is 2. The summed E-state index contributed by atoms with van der Waals surface area (Å²) in [5, 5.41) is 5.90. The number of carbonyl (C=O) groups excluding carboxylic acids is 1. The van der Waals surface area contributed by atoms with E-state index in [4.69, 9.17) is 9.47 Å². The van der Waals surface area contributed by atoms with E-state index in [-0.39, 0.29) is 18.0 Å². The lowest BCUT2D eigenvalue weighted by Gasteiger charge is -2.37. The molecule has 202 valence electrons. The summed E-state index contributed by atoms with van der Waals surface area (Å²) in [5.74, 6) is -0.353. The van der Waals surface area contributed by atoms with E-state index in [2.05, 4.69) is 10.6 Å². The van der Waals surface area contributed by atoms with Gasteiger partial charge in [0.25, 0.3) is 0 Å². The number of benzene rings is 3. The molecule has 5 nitrogen and oxygen atoms in total. The highest BCUT2D eigenvalue weighted by molar-refractivity contribution is 5.76. The van der Waals surface area contributed by atoms with Crippen molar-refractivity contribution >= 4 is 6.03 Å². The molecule has 0 bridgehead atoms. The molecule has 4 rings (SSSR count). The van der Waals surface area contributed by atoms with Crippen LogP contribution < -0.4 is 20.1 Å². The topological polar surface area (TPSA) is 59.6 Å². The van der Waals surface area contributed by atoms with Crippen molar-refractivity contribution in [2.75, 3.05) is 14.2 Å². The van der Waals surface area contributed by atoms with Crippen LogP contribution in [0.15, 0.2) is 66.7 Å². The molecule has 0 aliphatic heterocycles. The maximum absolute atomic E-state index is 14.8. The predicted octanol–water partition coefficient (Wildman–Crippen LogP) is 6.59. The van der Waals surface area contributed by atoms with Gasteiger partial charge in [-0.15, -0.1) is 0 Å². The van der Waals surface area contributed by atoms with Gasteiger partial charge < -0.3 is 20.1 Å². The van der Waals surface area contributed by atoms with Crippen molar-refractivity contribution in [1.29, 1.82) is 0 Å². The Morgan fingerprint density at radius 2 is 1.53 bits per heavy atom. The first-order valence-corrected chi connectivity index (χ1v) is 12.4. The molecule has 0 spiro atoms. The van der Waals surface area contributed by atoms with Gasteiger partial charge in [0.15, 0.2) is 11.5 Å². The monoisotopic (exact) mass is 530 g/mol. The third kappa shape index (κ3) is 6.03. The highest BCUT2D eigenvalue weighted by Crippen LogP contribution is 2.41. The fourth-order valence-electron chi connectivity index (χ4n) is 5.05. The molecule has 1 aliphatic rings. The van der Waals surface area contributed by atoms with Crippen LogP contribution in [0, 0.1) is 5.82 Å². The third-order valence-electron chi connectivity index (χ3n) is 6.92. The molecule has 0 radical (unpaired) electrons. The number of carbonyl (C=O) groups is 1. The summed E-state index contributed by atoms with van der Waals surface area (Å²) in [5.41, 5.74) is -1.67. The number of halogens is 4. The lowest BCUT2D eigenvalue weighted by molar-refractivity contribution is -0.137. The normalized spacial score (nSPS) is 15.5. The molecule has 3 aromatic rings. The Bertz CT molecular complexity index is 1260. The van der Waals surface area contributed by atoms with Gasteiger partial charge in [-0.25, -0.2) is 9.18 Å². The van der Waals surface area contributed by atoms with Crippen LogP contribution in [-0.2, 0) is 18.1 Å². The van der Waals surface area contributed by atoms with Crippen LogP contribution in [0.5, 0.6) is 11.5 Å². The van der Waals surface area contributed by atoms with Crippen molar-refractivity contribution in [2.45, 2.75) is 49.9 Å². The standard InChI is InChI=1S/C29H30F4N2O3/c1-37-25-13-12-20(17-26(25)38-2)28(18-19-8-4-3-5-9-19,35-27(36)34-24-10-6-7-11-24)21-14-22(29(31,32)33)16-23(30)15-21/h3-5,8-9,12-17,24H,6-7,10-11,18H2,1-2H3,(H2,34,35,36). The van der Waals surface area contributed by atoms with E-state index in [0.717, 1.165) is 43.4 Å². The number of rotatable bonds is 8. The first-order chi connectivity index (χ1) is 18.1. The SMILES string of the molecule is COc1ccc(C(Cc2ccccc2)(NC(=O)NC2CCCC2)c2cc(F)cc(C(F)(F)F)c2)cc1OC. The first-order valence-electron chi connectivity index (χ1n) is 12.4. The summed E-state index contributed by atoms with van der Waals surface area (Å²) in [4.78, 5) is 13.4. The number of ether oxygens (including phenoxy) is 2. The largest absolute Gasteiger partial charge is 0.493 e. The van der Waals surface area contributed by atoms with E-state index in [9.17, 15) is 22.4 Å². The van der Waals surface area contributed by atoms with Gasteiger partial charge in [-0.05, 0) is 59.9 Å². The Hall–Kier alpha value is -3.75. The van der Waals surface area contributed by atoms with E-state index < -0.39 is 29.1 Å². The lowest BCUT2D eigenvalue weighted by atomic mass is 9.77. The second-order valence-corrected chi connectivity index (χ2v) is 9.44. The molecule has 2 N–H and O–H groups in total. The van der Waals surface area contributed by atoms with E-state index in [1.165, 1.54) is 14.2 Å². The molecule has 3 aromatic carbocycles. The van der Waals surface area contributed by atoms with Crippen LogP contribution in [0.25, 0.3) is 0 Å². The van der Waals surface area contributed by atoms with Crippen LogP contribution in [0.4, 0.5) is 22.4 Å².